The molecule has 0 bridgehead atoms. The van der Waals surface area contributed by atoms with Gasteiger partial charge in [0.15, 0.2) is 0 Å². The number of carbonyl (C=O) groups excluding carboxylic acids is 1. The molecule has 106 valence electrons. The van der Waals surface area contributed by atoms with Gasteiger partial charge in [-0.2, -0.15) is 0 Å². The van der Waals surface area contributed by atoms with Gasteiger partial charge in [0.2, 0.25) is 0 Å². The predicted octanol–water partition coefficient (Wildman–Crippen LogP) is 1.10. The summed E-state index contributed by atoms with van der Waals surface area (Å²) in [5, 5.41) is 22.3. The van der Waals surface area contributed by atoms with Gasteiger partial charge in [0.1, 0.15) is 5.69 Å². The first-order valence-corrected chi connectivity index (χ1v) is 6.54. The number of nitrogens with one attached hydrogen (secondary N) is 1. The molecule has 0 saturated heterocycles. The lowest BCUT2D eigenvalue weighted by Gasteiger charge is -2.29. The fourth-order valence-corrected chi connectivity index (χ4v) is 1.94. The number of pyridine rings is 1. The van der Waals surface area contributed by atoms with E-state index in [-0.39, 0.29) is 18.9 Å². The van der Waals surface area contributed by atoms with Crippen LogP contribution in [0.5, 0.6) is 0 Å². The van der Waals surface area contributed by atoms with Crippen molar-refractivity contribution in [2.75, 3.05) is 13.2 Å². The first kappa shape index (κ1) is 14.4. The summed E-state index contributed by atoms with van der Waals surface area (Å²) in [4.78, 5) is 16.5. The highest BCUT2D eigenvalue weighted by Gasteiger charge is 2.29. The molecule has 0 unspecified atom stereocenters. The molecule has 0 aliphatic rings. The van der Waals surface area contributed by atoms with Crippen LogP contribution in [0.4, 0.5) is 0 Å². The number of nitrogens with zero attached hydrogens (tertiary/aromatic N) is 1. The van der Waals surface area contributed by atoms with Crippen LogP contribution in [-0.4, -0.2) is 39.9 Å². The van der Waals surface area contributed by atoms with E-state index in [0.717, 1.165) is 10.9 Å². The second kappa shape index (κ2) is 5.98. The zero-order chi connectivity index (χ0) is 14.6. The summed E-state index contributed by atoms with van der Waals surface area (Å²) >= 11 is 0. The van der Waals surface area contributed by atoms with E-state index in [4.69, 9.17) is 0 Å². The SMILES string of the molecule is CCC(CO)(CO)NC(=O)c1ccc2ccccc2n1. The molecule has 0 spiro atoms. The number of para-hydroxylation sites is 1. The van der Waals surface area contributed by atoms with Crippen LogP contribution in [0.1, 0.15) is 23.8 Å². The summed E-state index contributed by atoms with van der Waals surface area (Å²) in [5.74, 6) is -0.402. The molecule has 1 heterocycles. The second-order valence-electron chi connectivity index (χ2n) is 4.79. The van der Waals surface area contributed by atoms with Crippen LogP contribution in [0.2, 0.25) is 0 Å². The molecule has 5 nitrogen and oxygen atoms in total. The van der Waals surface area contributed by atoms with Crippen molar-refractivity contribution < 1.29 is 15.0 Å². The minimum absolute atomic E-state index is 0.267. The molecule has 0 saturated carbocycles. The van der Waals surface area contributed by atoms with Crippen molar-refractivity contribution in [3.05, 3.63) is 42.1 Å². The van der Waals surface area contributed by atoms with Crippen LogP contribution in [0, 0.1) is 0 Å². The van der Waals surface area contributed by atoms with E-state index in [9.17, 15) is 15.0 Å². The van der Waals surface area contributed by atoms with E-state index in [2.05, 4.69) is 10.3 Å². The van der Waals surface area contributed by atoms with Crippen molar-refractivity contribution in [3.8, 4) is 0 Å². The average molecular weight is 274 g/mol. The van der Waals surface area contributed by atoms with Crippen LogP contribution < -0.4 is 5.32 Å². The highest BCUT2D eigenvalue weighted by atomic mass is 16.3. The Kier molecular flexibility index (Phi) is 4.32. The van der Waals surface area contributed by atoms with Crippen LogP contribution in [-0.2, 0) is 0 Å². The third-order valence-corrected chi connectivity index (χ3v) is 3.49. The van der Waals surface area contributed by atoms with Crippen LogP contribution >= 0.6 is 0 Å². The van der Waals surface area contributed by atoms with E-state index in [0.29, 0.717) is 6.42 Å². The van der Waals surface area contributed by atoms with Crippen molar-refractivity contribution in [2.45, 2.75) is 18.9 Å². The number of carbonyl (C=O) groups is 1. The van der Waals surface area contributed by atoms with E-state index < -0.39 is 11.4 Å². The van der Waals surface area contributed by atoms with E-state index in [1.165, 1.54) is 0 Å². The van der Waals surface area contributed by atoms with Crippen molar-refractivity contribution in [1.29, 1.82) is 0 Å². The lowest BCUT2D eigenvalue weighted by molar-refractivity contribution is 0.0649. The number of hydrogen-bond acceptors (Lipinski definition) is 4. The lowest BCUT2D eigenvalue weighted by Crippen LogP contribution is -2.53. The van der Waals surface area contributed by atoms with Crippen molar-refractivity contribution in [1.82, 2.24) is 10.3 Å². The zero-order valence-electron chi connectivity index (χ0n) is 11.3. The van der Waals surface area contributed by atoms with Gasteiger partial charge in [0.25, 0.3) is 5.91 Å². The monoisotopic (exact) mass is 274 g/mol. The Morgan fingerprint density at radius 1 is 1.20 bits per heavy atom. The summed E-state index contributed by atoms with van der Waals surface area (Å²) in [7, 11) is 0. The van der Waals surface area contributed by atoms with Gasteiger partial charge in [-0.15, -0.1) is 0 Å². The topological polar surface area (TPSA) is 82.5 Å². The van der Waals surface area contributed by atoms with Crippen molar-refractivity contribution >= 4 is 16.8 Å². The minimum Gasteiger partial charge on any atom is -0.394 e. The van der Waals surface area contributed by atoms with Crippen LogP contribution in [0.3, 0.4) is 0 Å². The van der Waals surface area contributed by atoms with Crippen molar-refractivity contribution in [2.24, 2.45) is 0 Å². The third kappa shape index (κ3) is 2.79. The maximum absolute atomic E-state index is 12.2. The maximum atomic E-state index is 12.2. The van der Waals surface area contributed by atoms with Gasteiger partial charge in [-0.1, -0.05) is 31.2 Å². The first-order valence-electron chi connectivity index (χ1n) is 6.54. The quantitative estimate of drug-likeness (QED) is 0.762. The fourth-order valence-electron chi connectivity index (χ4n) is 1.94. The molecule has 5 heteroatoms. The Labute approximate surface area is 117 Å². The Hall–Kier alpha value is -1.98. The Morgan fingerprint density at radius 3 is 2.55 bits per heavy atom. The number of hydrogen-bond donors (Lipinski definition) is 3. The zero-order valence-corrected chi connectivity index (χ0v) is 11.3. The number of fused-ring (bicyclic) bond motifs is 1. The summed E-state index contributed by atoms with van der Waals surface area (Å²) in [5.41, 5.74) is -0.0107. The largest absolute Gasteiger partial charge is 0.394 e. The molecule has 0 atom stereocenters. The molecular formula is C15H18N2O3. The number of amides is 1. The number of aliphatic hydroxyl groups excluding tert-OH is 2. The van der Waals surface area contributed by atoms with Crippen LogP contribution in [0.15, 0.2) is 36.4 Å². The van der Waals surface area contributed by atoms with Gasteiger partial charge in [0.05, 0.1) is 24.3 Å². The molecule has 20 heavy (non-hydrogen) atoms. The summed E-state index contributed by atoms with van der Waals surface area (Å²) in [6, 6.07) is 11.0. The normalized spacial score (nSPS) is 11.6. The highest BCUT2D eigenvalue weighted by Crippen LogP contribution is 2.14. The average Bonchev–Trinajstić information content (AvgIpc) is 2.52. The molecular weight excluding hydrogens is 256 g/mol. The summed E-state index contributed by atoms with van der Waals surface area (Å²) < 4.78 is 0. The number of rotatable bonds is 5. The third-order valence-electron chi connectivity index (χ3n) is 3.49. The number of benzene rings is 1. The number of aliphatic hydroxyl groups is 2. The summed E-state index contributed by atoms with van der Waals surface area (Å²) in [6.45, 7) is 1.15. The standard InChI is InChI=1S/C15H18N2O3/c1-2-15(9-18,10-19)17-14(20)13-8-7-11-5-3-4-6-12(11)16-13/h3-8,18-19H,2,9-10H2,1H3,(H,17,20). The van der Waals surface area contributed by atoms with Gasteiger partial charge < -0.3 is 15.5 Å². The fraction of sp³-hybridized carbons (Fsp3) is 0.333. The summed E-state index contributed by atoms with van der Waals surface area (Å²) in [6.07, 6.45) is 0.430. The molecule has 2 rings (SSSR count). The highest BCUT2D eigenvalue weighted by molar-refractivity contribution is 5.95. The Balaban J connectivity index is 2.27. The van der Waals surface area contributed by atoms with E-state index in [1.54, 1.807) is 13.0 Å². The van der Waals surface area contributed by atoms with Gasteiger partial charge in [-0.25, -0.2) is 4.98 Å². The molecule has 2 aromatic rings. The molecule has 1 aromatic carbocycles. The molecule has 0 fully saturated rings. The van der Waals surface area contributed by atoms with Gasteiger partial charge in [-0.05, 0) is 18.6 Å². The smallest absolute Gasteiger partial charge is 0.270 e. The van der Waals surface area contributed by atoms with Crippen LogP contribution in [0.25, 0.3) is 10.9 Å². The van der Waals surface area contributed by atoms with Crippen molar-refractivity contribution in [3.63, 3.8) is 0 Å². The Bertz CT molecular complexity index is 601. The van der Waals surface area contributed by atoms with Gasteiger partial charge in [-0.3, -0.25) is 4.79 Å². The van der Waals surface area contributed by atoms with Gasteiger partial charge in [0, 0.05) is 5.39 Å². The molecule has 0 aliphatic carbocycles. The molecule has 1 aromatic heterocycles. The Morgan fingerprint density at radius 2 is 1.90 bits per heavy atom. The minimum atomic E-state index is -1.01. The lowest BCUT2D eigenvalue weighted by atomic mass is 9.98. The molecule has 0 radical (unpaired) electrons. The molecule has 3 N–H and O–H groups in total. The molecule has 1 amide bonds. The first-order chi connectivity index (χ1) is 9.64. The van der Waals surface area contributed by atoms with Gasteiger partial charge >= 0.3 is 0 Å². The predicted molar refractivity (Wildman–Crippen MR) is 76.4 cm³/mol. The van der Waals surface area contributed by atoms with E-state index in [1.807, 2.05) is 30.3 Å². The van der Waals surface area contributed by atoms with E-state index >= 15 is 0 Å². The maximum Gasteiger partial charge on any atom is 0.270 e. The number of aromatic nitrogens is 1. The second-order valence-corrected chi connectivity index (χ2v) is 4.79. The molecule has 0 aliphatic heterocycles.